The summed E-state index contributed by atoms with van der Waals surface area (Å²) in [5.41, 5.74) is 0.337. The summed E-state index contributed by atoms with van der Waals surface area (Å²) < 4.78 is 25.8. The Hall–Kier alpha value is -0.950. The molecule has 0 N–H and O–H groups in total. The van der Waals surface area contributed by atoms with E-state index >= 15 is 0 Å². The average Bonchev–Trinajstić information content (AvgIpc) is 2.37. The first kappa shape index (κ1) is 18.0. The van der Waals surface area contributed by atoms with Gasteiger partial charge in [-0.2, -0.15) is 0 Å². The quantitative estimate of drug-likeness (QED) is 0.247. The maximum Gasteiger partial charge on any atom is 0.333 e. The predicted molar refractivity (Wildman–Crippen MR) is 69.6 cm³/mol. The lowest BCUT2D eigenvalue weighted by molar-refractivity contribution is -0.186. The molecular weight excluding hydrogens is 252 g/mol. The molecule has 0 fully saturated rings. The van der Waals surface area contributed by atoms with E-state index in [0.717, 1.165) is 0 Å². The van der Waals surface area contributed by atoms with Crippen molar-refractivity contribution in [3.05, 3.63) is 12.2 Å². The van der Waals surface area contributed by atoms with Crippen LogP contribution in [0.25, 0.3) is 0 Å². The molecule has 0 radical (unpaired) electrons. The molecule has 0 spiro atoms. The van der Waals surface area contributed by atoms with Crippen LogP contribution in [-0.2, 0) is 28.5 Å². The van der Waals surface area contributed by atoms with Gasteiger partial charge in [0.05, 0.1) is 13.2 Å². The molecule has 0 rings (SSSR count). The smallest absolute Gasteiger partial charge is 0.333 e. The van der Waals surface area contributed by atoms with Crippen LogP contribution in [-0.4, -0.2) is 52.1 Å². The first-order chi connectivity index (χ1) is 9.01. The molecule has 0 aliphatic heterocycles. The minimum atomic E-state index is -0.616. The summed E-state index contributed by atoms with van der Waals surface area (Å²) in [6.07, 6.45) is -0.884. The maximum atomic E-state index is 11.2. The van der Waals surface area contributed by atoms with Crippen molar-refractivity contribution in [3.8, 4) is 0 Å². The van der Waals surface area contributed by atoms with Crippen LogP contribution in [0, 0.1) is 0 Å². The van der Waals surface area contributed by atoms with Crippen molar-refractivity contribution in [1.82, 2.24) is 0 Å². The summed E-state index contributed by atoms with van der Waals surface area (Å²) in [7, 11) is 1.48. The molecular formula is C13H24O6. The highest BCUT2D eigenvalue weighted by Crippen LogP contribution is 1.99. The Kier molecular flexibility index (Phi) is 10.4. The Labute approximate surface area is 114 Å². The number of hydrogen-bond donors (Lipinski definition) is 0. The van der Waals surface area contributed by atoms with E-state index in [1.807, 2.05) is 13.8 Å². The second-order valence-electron chi connectivity index (χ2n) is 3.81. The number of carbonyl (C=O) groups is 1. The summed E-state index contributed by atoms with van der Waals surface area (Å²) in [5, 5.41) is 0. The van der Waals surface area contributed by atoms with Crippen LogP contribution in [0.3, 0.4) is 0 Å². The van der Waals surface area contributed by atoms with Crippen molar-refractivity contribution in [2.45, 2.75) is 33.4 Å². The van der Waals surface area contributed by atoms with E-state index in [-0.39, 0.29) is 12.9 Å². The van der Waals surface area contributed by atoms with Gasteiger partial charge in [-0.05, 0) is 20.8 Å². The van der Waals surface area contributed by atoms with Gasteiger partial charge < -0.3 is 23.7 Å². The van der Waals surface area contributed by atoms with Crippen molar-refractivity contribution < 1.29 is 28.5 Å². The zero-order valence-corrected chi connectivity index (χ0v) is 12.1. The highest BCUT2D eigenvalue weighted by atomic mass is 16.7. The summed E-state index contributed by atoms with van der Waals surface area (Å²) in [4.78, 5) is 11.2. The predicted octanol–water partition coefficient (Wildman–Crippen LogP) is 1.49. The van der Waals surface area contributed by atoms with Gasteiger partial charge in [-0.1, -0.05) is 6.58 Å². The Balaban J connectivity index is 3.70. The third-order valence-electron chi connectivity index (χ3n) is 2.10. The fourth-order valence-corrected chi connectivity index (χ4v) is 1.13. The highest BCUT2D eigenvalue weighted by Gasteiger charge is 2.12. The topological polar surface area (TPSA) is 63.2 Å². The summed E-state index contributed by atoms with van der Waals surface area (Å²) in [6.45, 7) is 10.1. The van der Waals surface area contributed by atoms with Crippen LogP contribution in [0.5, 0.6) is 0 Å². The number of rotatable bonds is 11. The molecule has 0 amide bonds. The Bertz CT molecular complexity index is 266. The maximum absolute atomic E-state index is 11.2. The molecule has 6 heteroatoms. The third kappa shape index (κ3) is 9.61. The minimum Gasteiger partial charge on any atom is -0.457 e. The normalized spacial score (nSPS) is 13.9. The van der Waals surface area contributed by atoms with Crippen LogP contribution in [0.15, 0.2) is 12.2 Å². The molecule has 19 heavy (non-hydrogen) atoms. The van der Waals surface area contributed by atoms with E-state index in [9.17, 15) is 4.79 Å². The van der Waals surface area contributed by atoms with Gasteiger partial charge >= 0.3 is 5.97 Å². The lowest BCUT2D eigenvalue weighted by Crippen LogP contribution is -2.26. The zero-order chi connectivity index (χ0) is 14.7. The number of carbonyl (C=O) groups excluding carboxylic acids is 1. The van der Waals surface area contributed by atoms with Gasteiger partial charge in [0.25, 0.3) is 0 Å². The lowest BCUT2D eigenvalue weighted by Gasteiger charge is -2.17. The van der Waals surface area contributed by atoms with Gasteiger partial charge in [0.1, 0.15) is 6.61 Å². The minimum absolute atomic E-state index is 0.0171. The number of esters is 1. The Morgan fingerprint density at radius 2 is 1.84 bits per heavy atom. The first-order valence-corrected chi connectivity index (χ1v) is 6.21. The Morgan fingerprint density at radius 3 is 2.37 bits per heavy atom. The van der Waals surface area contributed by atoms with Crippen molar-refractivity contribution in [1.29, 1.82) is 0 Å². The molecule has 0 aliphatic rings. The molecule has 6 nitrogen and oxygen atoms in total. The molecule has 0 aromatic carbocycles. The average molecular weight is 276 g/mol. The van der Waals surface area contributed by atoms with E-state index in [1.165, 1.54) is 7.11 Å². The summed E-state index contributed by atoms with van der Waals surface area (Å²) in [6, 6.07) is 0. The van der Waals surface area contributed by atoms with E-state index in [0.29, 0.717) is 25.4 Å². The second-order valence-corrected chi connectivity index (χ2v) is 3.81. The molecule has 2 atom stereocenters. The monoisotopic (exact) mass is 276 g/mol. The first-order valence-electron chi connectivity index (χ1n) is 6.21. The highest BCUT2D eigenvalue weighted by molar-refractivity contribution is 5.86. The van der Waals surface area contributed by atoms with Crippen LogP contribution < -0.4 is 0 Å². The number of ether oxygens (including phenoxy) is 5. The van der Waals surface area contributed by atoms with Crippen molar-refractivity contribution >= 4 is 5.97 Å². The number of hydrogen-bond acceptors (Lipinski definition) is 6. The summed E-state index contributed by atoms with van der Waals surface area (Å²) >= 11 is 0. The molecule has 0 bridgehead atoms. The fourth-order valence-electron chi connectivity index (χ4n) is 1.13. The molecule has 112 valence electrons. The third-order valence-corrected chi connectivity index (χ3v) is 2.10. The number of methoxy groups -OCH3 is 1. The van der Waals surface area contributed by atoms with E-state index in [4.69, 9.17) is 23.7 Å². The van der Waals surface area contributed by atoms with Crippen LogP contribution in [0.2, 0.25) is 0 Å². The van der Waals surface area contributed by atoms with Crippen LogP contribution in [0.4, 0.5) is 0 Å². The van der Waals surface area contributed by atoms with Crippen LogP contribution in [0.1, 0.15) is 20.8 Å². The van der Waals surface area contributed by atoms with Crippen molar-refractivity contribution in [2.75, 3.05) is 33.5 Å². The standard InChI is InChI=1S/C13H24O6/c1-6-16-11(4)17-7-8-18-12(15-5)9-19-13(14)10(2)3/h11-12H,2,6-9H2,1,3-5H3. The molecule has 0 aromatic rings. The van der Waals surface area contributed by atoms with E-state index in [2.05, 4.69) is 6.58 Å². The van der Waals surface area contributed by atoms with Gasteiger partial charge in [-0.25, -0.2) is 4.79 Å². The van der Waals surface area contributed by atoms with Crippen molar-refractivity contribution in [2.24, 2.45) is 0 Å². The second kappa shape index (κ2) is 10.9. The molecule has 0 aromatic heterocycles. The van der Waals surface area contributed by atoms with Gasteiger partial charge in [0.15, 0.2) is 12.6 Å². The molecule has 0 saturated heterocycles. The van der Waals surface area contributed by atoms with Gasteiger partial charge in [-0.15, -0.1) is 0 Å². The van der Waals surface area contributed by atoms with Crippen LogP contribution >= 0.6 is 0 Å². The molecule has 0 aliphatic carbocycles. The van der Waals surface area contributed by atoms with Gasteiger partial charge in [0.2, 0.25) is 0 Å². The Morgan fingerprint density at radius 1 is 1.21 bits per heavy atom. The lowest BCUT2D eigenvalue weighted by atomic mass is 10.4. The molecule has 0 saturated carbocycles. The molecule has 0 heterocycles. The summed E-state index contributed by atoms with van der Waals surface area (Å²) in [5.74, 6) is -0.466. The van der Waals surface area contributed by atoms with Crippen molar-refractivity contribution in [3.63, 3.8) is 0 Å². The van der Waals surface area contributed by atoms with E-state index < -0.39 is 12.3 Å². The van der Waals surface area contributed by atoms with Gasteiger partial charge in [-0.3, -0.25) is 0 Å². The SMILES string of the molecule is C=C(C)C(=O)OCC(OC)OCCOC(C)OCC. The largest absolute Gasteiger partial charge is 0.457 e. The zero-order valence-electron chi connectivity index (χ0n) is 12.1. The van der Waals surface area contributed by atoms with E-state index in [1.54, 1.807) is 6.92 Å². The van der Waals surface area contributed by atoms with Gasteiger partial charge in [0, 0.05) is 19.3 Å². The fraction of sp³-hybridized carbons (Fsp3) is 0.769. The molecule has 2 unspecified atom stereocenters.